The van der Waals surface area contributed by atoms with Crippen LogP contribution in [0.4, 0.5) is 0 Å². The molecule has 0 spiro atoms. The molecule has 4 rings (SSSR count). The summed E-state index contributed by atoms with van der Waals surface area (Å²) in [4.78, 5) is 35.6. The molecule has 0 radical (unpaired) electrons. The molecular weight excluding hydrogens is 416 g/mol. The monoisotopic (exact) mass is 444 g/mol. The average molecular weight is 444 g/mol. The Labute approximate surface area is 185 Å². The van der Waals surface area contributed by atoms with Crippen molar-refractivity contribution < 1.29 is 29.3 Å². The van der Waals surface area contributed by atoms with Gasteiger partial charge < -0.3 is 25.2 Å². The lowest BCUT2D eigenvalue weighted by Crippen LogP contribution is -2.56. The number of piperidine rings is 1. The van der Waals surface area contributed by atoms with Crippen molar-refractivity contribution in [3.8, 4) is 5.75 Å². The number of fused-ring (bicyclic) bond motifs is 1. The molecule has 10 heteroatoms. The van der Waals surface area contributed by atoms with Gasteiger partial charge in [-0.3, -0.25) is 19.5 Å². The molecule has 2 atom stereocenters. The smallest absolute Gasteiger partial charge is 0.290 e. The summed E-state index contributed by atoms with van der Waals surface area (Å²) in [7, 11) is 1.57. The first-order chi connectivity index (χ1) is 15.5. The molecule has 1 aliphatic heterocycles. The number of aromatic amines is 1. The SMILES string of the molecule is COc1ccccc1CC(=O)N[C@@H]1CN(C(=O)c2n[nH]c3c2CCC3)CC[C@H]1O.O=CO. The van der Waals surface area contributed by atoms with E-state index >= 15 is 0 Å². The Hall–Kier alpha value is -3.40. The van der Waals surface area contributed by atoms with Crippen molar-refractivity contribution in [1.82, 2.24) is 20.4 Å². The number of likely N-dealkylation sites (tertiary alicyclic amines) is 1. The van der Waals surface area contributed by atoms with Crippen LogP contribution in [0.1, 0.15) is 40.2 Å². The van der Waals surface area contributed by atoms with E-state index in [2.05, 4.69) is 15.5 Å². The number of carboxylic acid groups (broad SMARTS) is 1. The molecule has 1 aliphatic carbocycles. The molecule has 1 aromatic carbocycles. The predicted molar refractivity (Wildman–Crippen MR) is 114 cm³/mol. The first-order valence-corrected chi connectivity index (χ1v) is 10.5. The van der Waals surface area contributed by atoms with Gasteiger partial charge >= 0.3 is 0 Å². The van der Waals surface area contributed by atoms with Crippen molar-refractivity contribution in [2.24, 2.45) is 0 Å². The first-order valence-electron chi connectivity index (χ1n) is 10.5. The molecule has 2 amide bonds. The van der Waals surface area contributed by atoms with Gasteiger partial charge in [0.2, 0.25) is 5.91 Å². The van der Waals surface area contributed by atoms with Crippen LogP contribution < -0.4 is 10.1 Å². The van der Waals surface area contributed by atoms with Gasteiger partial charge in [0.1, 0.15) is 5.75 Å². The van der Waals surface area contributed by atoms with E-state index in [-0.39, 0.29) is 31.3 Å². The number of benzene rings is 1. The molecule has 1 fully saturated rings. The fourth-order valence-electron chi connectivity index (χ4n) is 4.19. The van der Waals surface area contributed by atoms with Crippen LogP contribution in [0.3, 0.4) is 0 Å². The van der Waals surface area contributed by atoms with Gasteiger partial charge in [0.15, 0.2) is 5.69 Å². The minimum atomic E-state index is -0.689. The number of amides is 2. The molecule has 4 N–H and O–H groups in total. The minimum absolute atomic E-state index is 0.139. The fraction of sp³-hybridized carbons (Fsp3) is 0.455. The van der Waals surface area contributed by atoms with Crippen molar-refractivity contribution in [3.05, 3.63) is 46.8 Å². The molecule has 2 aliphatic rings. The molecule has 2 heterocycles. The molecule has 0 saturated carbocycles. The maximum Gasteiger partial charge on any atom is 0.290 e. The summed E-state index contributed by atoms with van der Waals surface area (Å²) in [6.07, 6.45) is 2.69. The van der Waals surface area contributed by atoms with Crippen LogP contribution in [-0.4, -0.2) is 75.9 Å². The number of hydrogen-bond donors (Lipinski definition) is 4. The third-order valence-electron chi connectivity index (χ3n) is 5.76. The van der Waals surface area contributed by atoms with Gasteiger partial charge in [-0.05, 0) is 31.7 Å². The minimum Gasteiger partial charge on any atom is -0.496 e. The third kappa shape index (κ3) is 5.25. The van der Waals surface area contributed by atoms with Crippen LogP contribution in [0.25, 0.3) is 0 Å². The zero-order chi connectivity index (χ0) is 23.1. The highest BCUT2D eigenvalue weighted by molar-refractivity contribution is 5.94. The number of nitrogens with one attached hydrogen (secondary N) is 2. The highest BCUT2D eigenvalue weighted by atomic mass is 16.5. The Morgan fingerprint density at radius 3 is 2.84 bits per heavy atom. The summed E-state index contributed by atoms with van der Waals surface area (Å²) in [5.41, 5.74) is 3.32. The zero-order valence-electron chi connectivity index (χ0n) is 17.9. The maximum atomic E-state index is 13.0. The lowest BCUT2D eigenvalue weighted by molar-refractivity contribution is -0.123. The number of aromatic nitrogens is 2. The Kier molecular flexibility index (Phi) is 7.82. The normalized spacial score (nSPS) is 19.4. The van der Waals surface area contributed by atoms with Crippen LogP contribution in [0, 0.1) is 0 Å². The maximum absolute atomic E-state index is 13.0. The number of methoxy groups -OCH3 is 1. The van der Waals surface area contributed by atoms with Crippen LogP contribution in [0.15, 0.2) is 24.3 Å². The molecule has 1 aromatic heterocycles. The summed E-state index contributed by atoms with van der Waals surface area (Å²) in [6, 6.07) is 6.83. The average Bonchev–Trinajstić information content (AvgIpc) is 3.40. The summed E-state index contributed by atoms with van der Waals surface area (Å²) in [5.74, 6) is 0.296. The summed E-state index contributed by atoms with van der Waals surface area (Å²) in [6.45, 7) is 0.458. The molecule has 0 bridgehead atoms. The van der Waals surface area contributed by atoms with Gasteiger partial charge in [-0.2, -0.15) is 5.10 Å². The van der Waals surface area contributed by atoms with E-state index in [9.17, 15) is 14.7 Å². The Balaban J connectivity index is 0.000000913. The number of nitrogens with zero attached hydrogens (tertiary/aromatic N) is 2. The van der Waals surface area contributed by atoms with Crippen LogP contribution in [-0.2, 0) is 28.9 Å². The lowest BCUT2D eigenvalue weighted by atomic mass is 10.0. The Morgan fingerprint density at radius 2 is 2.09 bits per heavy atom. The van der Waals surface area contributed by atoms with Crippen LogP contribution in [0.2, 0.25) is 0 Å². The number of hydrogen-bond acceptors (Lipinski definition) is 6. The van der Waals surface area contributed by atoms with Crippen molar-refractivity contribution in [1.29, 1.82) is 0 Å². The van der Waals surface area contributed by atoms with E-state index in [1.807, 2.05) is 18.2 Å². The van der Waals surface area contributed by atoms with Crippen molar-refractivity contribution in [2.75, 3.05) is 20.2 Å². The van der Waals surface area contributed by atoms with E-state index in [4.69, 9.17) is 14.6 Å². The quantitative estimate of drug-likeness (QED) is 0.493. The number of rotatable bonds is 5. The lowest BCUT2D eigenvalue weighted by Gasteiger charge is -2.36. The second-order valence-corrected chi connectivity index (χ2v) is 7.76. The highest BCUT2D eigenvalue weighted by Gasteiger charge is 2.34. The molecule has 10 nitrogen and oxygen atoms in total. The van der Waals surface area contributed by atoms with Gasteiger partial charge in [0, 0.05) is 29.9 Å². The molecule has 1 saturated heterocycles. The first kappa shape index (κ1) is 23.3. The number of aryl methyl sites for hydroxylation is 1. The predicted octanol–water partition coefficient (Wildman–Crippen LogP) is 0.542. The Bertz CT molecular complexity index is 960. The molecule has 0 unspecified atom stereocenters. The second-order valence-electron chi connectivity index (χ2n) is 7.76. The fourth-order valence-corrected chi connectivity index (χ4v) is 4.19. The van der Waals surface area contributed by atoms with Crippen LogP contribution >= 0.6 is 0 Å². The molecule has 2 aromatic rings. The highest BCUT2D eigenvalue weighted by Crippen LogP contribution is 2.25. The summed E-state index contributed by atoms with van der Waals surface area (Å²) in [5, 5.41) is 27.3. The number of para-hydroxylation sites is 1. The number of aliphatic hydroxyl groups is 1. The van der Waals surface area contributed by atoms with Gasteiger partial charge in [0.05, 0.1) is 25.7 Å². The third-order valence-corrected chi connectivity index (χ3v) is 5.76. The Morgan fingerprint density at radius 1 is 1.34 bits per heavy atom. The number of aliphatic hydroxyl groups excluding tert-OH is 1. The van der Waals surface area contributed by atoms with Gasteiger partial charge in [-0.15, -0.1) is 0 Å². The van der Waals surface area contributed by atoms with E-state index < -0.39 is 12.1 Å². The number of ether oxygens (including phenoxy) is 1. The molecular formula is C22H28N4O6. The van der Waals surface area contributed by atoms with Gasteiger partial charge in [-0.25, -0.2) is 0 Å². The summed E-state index contributed by atoms with van der Waals surface area (Å²) >= 11 is 0. The largest absolute Gasteiger partial charge is 0.496 e. The van der Waals surface area contributed by atoms with Crippen molar-refractivity contribution in [2.45, 2.75) is 44.2 Å². The van der Waals surface area contributed by atoms with Crippen LogP contribution in [0.5, 0.6) is 5.75 Å². The van der Waals surface area contributed by atoms with E-state index in [1.165, 1.54) is 0 Å². The van der Waals surface area contributed by atoms with Gasteiger partial charge in [-0.1, -0.05) is 18.2 Å². The van der Waals surface area contributed by atoms with E-state index in [0.29, 0.717) is 24.4 Å². The topological polar surface area (TPSA) is 145 Å². The standard InChI is InChI=1S/C21H26N4O4.CH2O2/c1-29-18-8-3-2-5-13(18)11-19(27)22-16-12-25(10-9-17(16)26)21(28)20-14-6-4-7-15(14)23-24-20;2-1-3/h2-3,5,8,16-17,26H,4,6-7,9-12H2,1H3,(H,22,27)(H,23,24);1H,(H,2,3)/t16-,17-;/m1./s1. The van der Waals surface area contributed by atoms with E-state index in [1.54, 1.807) is 18.1 Å². The molecule has 172 valence electrons. The van der Waals surface area contributed by atoms with E-state index in [0.717, 1.165) is 36.1 Å². The number of carbonyl (C=O) groups is 3. The molecule has 32 heavy (non-hydrogen) atoms. The van der Waals surface area contributed by atoms with Gasteiger partial charge in [0.25, 0.3) is 12.4 Å². The summed E-state index contributed by atoms with van der Waals surface area (Å²) < 4.78 is 5.29. The number of H-pyrrole nitrogens is 1. The zero-order valence-corrected chi connectivity index (χ0v) is 17.9. The van der Waals surface area contributed by atoms with Crippen molar-refractivity contribution >= 4 is 18.3 Å². The second kappa shape index (κ2) is 10.8. The number of carbonyl (C=O) groups excluding carboxylic acids is 2. The van der Waals surface area contributed by atoms with Crippen molar-refractivity contribution in [3.63, 3.8) is 0 Å².